The predicted octanol–water partition coefficient (Wildman–Crippen LogP) is 1.30. The van der Waals surface area contributed by atoms with E-state index >= 15 is 0 Å². The Kier molecular flexibility index (Phi) is 6.40. The van der Waals surface area contributed by atoms with E-state index in [0.29, 0.717) is 11.7 Å². The Morgan fingerprint density at radius 2 is 2.14 bits per heavy atom. The number of thioether (sulfide) groups is 1. The van der Waals surface area contributed by atoms with E-state index in [4.69, 9.17) is 5.84 Å². The van der Waals surface area contributed by atoms with Crippen LogP contribution in [0.15, 0.2) is 23.1 Å². The normalized spacial score (nSPS) is 12.9. The quantitative estimate of drug-likeness (QED) is 0.371. The Bertz CT molecular complexity index is 606. The molecule has 1 aromatic carbocycles. The van der Waals surface area contributed by atoms with Crippen LogP contribution in [0.1, 0.15) is 13.3 Å². The second-order valence-corrected chi connectivity index (χ2v) is 7.33. The topological polar surface area (TPSA) is 127 Å². The summed E-state index contributed by atoms with van der Waals surface area (Å²) in [5.74, 6) is 5.17. The lowest BCUT2D eigenvalue weighted by Gasteiger charge is -2.10. The molecule has 0 fully saturated rings. The summed E-state index contributed by atoms with van der Waals surface area (Å²) in [6, 6.07) is 3.61. The molecule has 0 amide bonds. The van der Waals surface area contributed by atoms with Crippen molar-refractivity contribution in [3.63, 3.8) is 0 Å². The van der Waals surface area contributed by atoms with Gasteiger partial charge in [0.05, 0.1) is 10.6 Å². The highest BCUT2D eigenvalue weighted by molar-refractivity contribution is 7.99. The first-order valence-electron chi connectivity index (χ1n) is 6.09. The molecule has 0 bridgehead atoms. The molecule has 1 atom stereocenters. The summed E-state index contributed by atoms with van der Waals surface area (Å²) in [7, 11) is -3.93. The van der Waals surface area contributed by atoms with E-state index in [1.54, 1.807) is 11.8 Å². The maximum absolute atomic E-state index is 12.2. The molecule has 0 aliphatic rings. The Balaban J connectivity index is 2.99. The minimum absolute atomic E-state index is 0.221. The number of nitro benzene ring substituents is 1. The van der Waals surface area contributed by atoms with Gasteiger partial charge in [-0.1, -0.05) is 6.92 Å². The molecule has 0 radical (unpaired) electrons. The number of nitrogens with one attached hydrogen (secondary N) is 2. The lowest BCUT2D eigenvalue weighted by Crippen LogP contribution is -2.27. The van der Waals surface area contributed by atoms with Crippen molar-refractivity contribution in [2.45, 2.75) is 23.5 Å². The summed E-state index contributed by atoms with van der Waals surface area (Å²) in [4.78, 5) is 9.88. The standard InChI is InChI=1S/C11H18N4O4S2/c1-8(20-2)5-6-13-21(18,19)11-4-3-9(14-12)7-10(11)15(16)17/h3-4,7-8,13-14H,5-6,12H2,1-2H3. The Labute approximate surface area is 127 Å². The van der Waals surface area contributed by atoms with Gasteiger partial charge in [-0.05, 0) is 24.8 Å². The highest BCUT2D eigenvalue weighted by Crippen LogP contribution is 2.26. The van der Waals surface area contributed by atoms with E-state index in [-0.39, 0.29) is 17.1 Å². The van der Waals surface area contributed by atoms with Crippen LogP contribution in [0.25, 0.3) is 0 Å². The summed E-state index contributed by atoms with van der Waals surface area (Å²) >= 11 is 1.62. The van der Waals surface area contributed by atoms with E-state index in [9.17, 15) is 18.5 Å². The molecular formula is C11H18N4O4S2. The molecule has 1 aromatic rings. The van der Waals surface area contributed by atoms with Crippen molar-refractivity contribution in [3.05, 3.63) is 28.3 Å². The fourth-order valence-electron chi connectivity index (χ4n) is 1.57. The maximum Gasteiger partial charge on any atom is 0.291 e. The minimum Gasteiger partial charge on any atom is -0.324 e. The largest absolute Gasteiger partial charge is 0.324 e. The van der Waals surface area contributed by atoms with Crippen molar-refractivity contribution in [2.75, 3.05) is 18.2 Å². The van der Waals surface area contributed by atoms with Crippen LogP contribution in [0.5, 0.6) is 0 Å². The van der Waals surface area contributed by atoms with Gasteiger partial charge in [-0.15, -0.1) is 0 Å². The molecule has 10 heteroatoms. The second kappa shape index (κ2) is 7.59. The number of hydrogen-bond acceptors (Lipinski definition) is 7. The van der Waals surface area contributed by atoms with Crippen LogP contribution < -0.4 is 16.0 Å². The van der Waals surface area contributed by atoms with E-state index < -0.39 is 20.6 Å². The number of benzene rings is 1. The molecule has 4 N–H and O–H groups in total. The molecule has 1 rings (SSSR count). The molecule has 0 aliphatic heterocycles. The van der Waals surface area contributed by atoms with Gasteiger partial charge in [0.15, 0.2) is 4.90 Å². The average molecular weight is 334 g/mol. The number of rotatable bonds is 8. The third-order valence-electron chi connectivity index (χ3n) is 2.86. The summed E-state index contributed by atoms with van der Waals surface area (Å²) in [5, 5.41) is 11.3. The number of nitrogen functional groups attached to an aromatic ring is 1. The SMILES string of the molecule is CSC(C)CCNS(=O)(=O)c1ccc(NN)cc1[N+](=O)[O-]. The third-order valence-corrected chi connectivity index (χ3v) is 5.41. The summed E-state index contributed by atoms with van der Waals surface area (Å²) in [5.41, 5.74) is 1.99. The highest BCUT2D eigenvalue weighted by atomic mass is 32.2. The zero-order chi connectivity index (χ0) is 16.0. The summed E-state index contributed by atoms with van der Waals surface area (Å²) < 4.78 is 26.7. The molecule has 118 valence electrons. The zero-order valence-corrected chi connectivity index (χ0v) is 13.3. The number of hydrazine groups is 1. The fraction of sp³-hybridized carbons (Fsp3) is 0.455. The van der Waals surface area contributed by atoms with Crippen LogP contribution in [-0.2, 0) is 10.0 Å². The van der Waals surface area contributed by atoms with E-state index in [1.165, 1.54) is 6.07 Å². The van der Waals surface area contributed by atoms with Gasteiger partial charge in [0.25, 0.3) is 5.69 Å². The Hall–Kier alpha value is -1.36. The van der Waals surface area contributed by atoms with Crippen molar-refractivity contribution in [1.82, 2.24) is 4.72 Å². The van der Waals surface area contributed by atoms with Crippen LogP contribution in [-0.4, -0.2) is 31.4 Å². The van der Waals surface area contributed by atoms with Crippen LogP contribution >= 0.6 is 11.8 Å². The number of hydrogen-bond donors (Lipinski definition) is 3. The number of nitro groups is 1. The van der Waals surface area contributed by atoms with Gasteiger partial charge >= 0.3 is 0 Å². The molecule has 21 heavy (non-hydrogen) atoms. The van der Waals surface area contributed by atoms with Crippen molar-refractivity contribution in [1.29, 1.82) is 0 Å². The Morgan fingerprint density at radius 3 is 2.67 bits per heavy atom. The first-order valence-corrected chi connectivity index (χ1v) is 8.86. The maximum atomic E-state index is 12.2. The molecule has 0 saturated heterocycles. The first-order chi connectivity index (χ1) is 9.81. The van der Waals surface area contributed by atoms with E-state index in [2.05, 4.69) is 10.1 Å². The summed E-state index contributed by atoms with van der Waals surface area (Å²) in [6.07, 6.45) is 2.57. The van der Waals surface area contributed by atoms with Gasteiger partial charge in [-0.25, -0.2) is 13.1 Å². The number of anilines is 1. The zero-order valence-electron chi connectivity index (χ0n) is 11.7. The molecule has 0 aromatic heterocycles. The van der Waals surface area contributed by atoms with Gasteiger partial charge in [-0.2, -0.15) is 11.8 Å². The smallest absolute Gasteiger partial charge is 0.291 e. The molecule has 0 spiro atoms. The second-order valence-electron chi connectivity index (χ2n) is 4.32. The van der Waals surface area contributed by atoms with Crippen molar-refractivity contribution in [2.24, 2.45) is 5.84 Å². The third kappa shape index (κ3) is 4.84. The van der Waals surface area contributed by atoms with E-state index in [0.717, 1.165) is 12.1 Å². The number of sulfonamides is 1. The van der Waals surface area contributed by atoms with Gasteiger partial charge in [0.2, 0.25) is 10.0 Å². The van der Waals surface area contributed by atoms with Crippen molar-refractivity contribution >= 4 is 33.2 Å². The predicted molar refractivity (Wildman–Crippen MR) is 83.7 cm³/mol. The first kappa shape index (κ1) is 17.7. The average Bonchev–Trinajstić information content (AvgIpc) is 2.45. The van der Waals surface area contributed by atoms with Gasteiger partial charge in [-0.3, -0.25) is 16.0 Å². The van der Waals surface area contributed by atoms with Crippen LogP contribution in [0.4, 0.5) is 11.4 Å². The summed E-state index contributed by atoms with van der Waals surface area (Å²) in [6.45, 7) is 2.20. The molecule has 0 saturated carbocycles. The number of nitrogens with two attached hydrogens (primary N) is 1. The monoisotopic (exact) mass is 334 g/mol. The van der Waals surface area contributed by atoms with Gasteiger partial charge < -0.3 is 5.43 Å². The molecule has 0 heterocycles. The van der Waals surface area contributed by atoms with Crippen LogP contribution in [0, 0.1) is 10.1 Å². The molecule has 8 nitrogen and oxygen atoms in total. The molecule has 0 aliphatic carbocycles. The lowest BCUT2D eigenvalue weighted by atomic mass is 10.3. The van der Waals surface area contributed by atoms with Crippen LogP contribution in [0.3, 0.4) is 0 Å². The fourth-order valence-corrected chi connectivity index (χ4v) is 3.12. The van der Waals surface area contributed by atoms with Gasteiger partial charge in [0, 0.05) is 17.9 Å². The Morgan fingerprint density at radius 1 is 1.48 bits per heavy atom. The lowest BCUT2D eigenvalue weighted by molar-refractivity contribution is -0.387. The molecule has 1 unspecified atom stereocenters. The van der Waals surface area contributed by atoms with Gasteiger partial charge in [0.1, 0.15) is 0 Å². The minimum atomic E-state index is -3.93. The van der Waals surface area contributed by atoms with Crippen molar-refractivity contribution < 1.29 is 13.3 Å². The highest BCUT2D eigenvalue weighted by Gasteiger charge is 2.25. The number of nitrogens with zero attached hydrogens (tertiary/aromatic N) is 1. The molecular weight excluding hydrogens is 316 g/mol. The van der Waals surface area contributed by atoms with E-state index in [1.807, 2.05) is 13.2 Å². The van der Waals surface area contributed by atoms with Crippen molar-refractivity contribution in [3.8, 4) is 0 Å². The van der Waals surface area contributed by atoms with Crippen LogP contribution in [0.2, 0.25) is 0 Å².